The van der Waals surface area contributed by atoms with Crippen LogP contribution in [0.3, 0.4) is 0 Å². The van der Waals surface area contributed by atoms with Gasteiger partial charge in [-0.15, -0.1) is 0 Å². The number of esters is 1. The van der Waals surface area contributed by atoms with Gasteiger partial charge in [0.25, 0.3) is 0 Å². The molecule has 5 rings (SSSR count). The molecule has 3 heterocycles. The minimum Gasteiger partial charge on any atom is -0.496 e. The van der Waals surface area contributed by atoms with Gasteiger partial charge < -0.3 is 29.2 Å². The van der Waals surface area contributed by atoms with Crippen molar-refractivity contribution in [2.24, 2.45) is 7.05 Å². The van der Waals surface area contributed by atoms with Crippen LogP contribution in [0, 0.1) is 0 Å². The molecule has 0 bridgehead atoms. The Hall–Kier alpha value is -4.11. The Labute approximate surface area is 216 Å². The van der Waals surface area contributed by atoms with Gasteiger partial charge >= 0.3 is 5.97 Å². The number of fused-ring (bicyclic) bond motifs is 1. The van der Waals surface area contributed by atoms with Crippen molar-refractivity contribution in [2.75, 3.05) is 57.7 Å². The predicted octanol–water partition coefficient (Wildman–Crippen LogP) is 3.85. The lowest BCUT2D eigenvalue weighted by atomic mass is 10.1. The molecule has 0 radical (unpaired) electrons. The van der Waals surface area contributed by atoms with Crippen LogP contribution in [-0.2, 0) is 18.2 Å². The first-order valence-corrected chi connectivity index (χ1v) is 12.3. The zero-order valence-corrected chi connectivity index (χ0v) is 21.7. The molecular formula is C28H32N6O3. The maximum absolute atomic E-state index is 12.3. The fraction of sp³-hybridized carbons (Fsp3) is 0.321. The van der Waals surface area contributed by atoms with Gasteiger partial charge in [-0.25, -0.2) is 14.8 Å². The van der Waals surface area contributed by atoms with Gasteiger partial charge in [0.15, 0.2) is 5.82 Å². The van der Waals surface area contributed by atoms with Crippen LogP contribution in [0.15, 0.2) is 54.7 Å². The fourth-order valence-corrected chi connectivity index (χ4v) is 4.73. The molecule has 1 fully saturated rings. The Bertz CT molecular complexity index is 1420. The number of rotatable bonds is 7. The molecule has 9 nitrogen and oxygen atoms in total. The molecule has 2 aromatic carbocycles. The summed E-state index contributed by atoms with van der Waals surface area (Å²) in [5.41, 5.74) is 4.90. The lowest BCUT2D eigenvalue weighted by Crippen LogP contribution is -2.44. The molecular weight excluding hydrogens is 468 g/mol. The Balaban J connectivity index is 1.47. The highest BCUT2D eigenvalue weighted by molar-refractivity contribution is 5.98. The molecule has 0 saturated carbocycles. The smallest absolute Gasteiger partial charge is 0.339 e. The van der Waals surface area contributed by atoms with E-state index in [2.05, 4.69) is 40.4 Å². The number of nitrogens with zero attached hydrogens (tertiary/aromatic N) is 5. The van der Waals surface area contributed by atoms with E-state index in [1.165, 1.54) is 7.11 Å². The van der Waals surface area contributed by atoms with Gasteiger partial charge in [0.2, 0.25) is 0 Å². The van der Waals surface area contributed by atoms with E-state index < -0.39 is 5.97 Å². The standard InChI is InChI=1S/C28H32N6O3/c1-32-13-15-34(16-14-32)20-10-9-19(24(18-20)36-3)17-25-29-23-11-12-33(2)26(23)27(31-25)30-22-8-6-5-7-21(22)28(35)37-4/h5-12,18H,13-17H2,1-4H3,(H,29,30,31). The van der Waals surface area contributed by atoms with Crippen molar-refractivity contribution in [1.82, 2.24) is 19.4 Å². The molecule has 0 amide bonds. The fourth-order valence-electron chi connectivity index (χ4n) is 4.73. The van der Waals surface area contributed by atoms with Gasteiger partial charge in [-0.2, -0.15) is 0 Å². The highest BCUT2D eigenvalue weighted by atomic mass is 16.5. The van der Waals surface area contributed by atoms with E-state index in [1.54, 1.807) is 19.2 Å². The Morgan fingerprint density at radius 2 is 1.78 bits per heavy atom. The molecule has 4 aromatic rings. The van der Waals surface area contributed by atoms with Crippen molar-refractivity contribution in [3.63, 3.8) is 0 Å². The number of piperazine rings is 1. The van der Waals surface area contributed by atoms with E-state index in [9.17, 15) is 4.79 Å². The van der Waals surface area contributed by atoms with Gasteiger partial charge in [-0.1, -0.05) is 18.2 Å². The Morgan fingerprint density at radius 1 is 1.00 bits per heavy atom. The first-order valence-electron chi connectivity index (χ1n) is 12.3. The highest BCUT2D eigenvalue weighted by Crippen LogP contribution is 2.30. The summed E-state index contributed by atoms with van der Waals surface area (Å²) in [5, 5.41) is 3.35. The first-order chi connectivity index (χ1) is 18.0. The molecule has 1 saturated heterocycles. The zero-order chi connectivity index (χ0) is 25.9. The Morgan fingerprint density at radius 3 is 2.54 bits per heavy atom. The van der Waals surface area contributed by atoms with Crippen molar-refractivity contribution in [2.45, 2.75) is 6.42 Å². The lowest BCUT2D eigenvalue weighted by Gasteiger charge is -2.34. The third kappa shape index (κ3) is 5.08. The van der Waals surface area contributed by atoms with Gasteiger partial charge in [-0.05, 0) is 31.3 Å². The summed E-state index contributed by atoms with van der Waals surface area (Å²) < 4.78 is 12.7. The molecule has 0 atom stereocenters. The lowest BCUT2D eigenvalue weighted by molar-refractivity contribution is 0.0602. The molecule has 1 N–H and O–H groups in total. The third-order valence-corrected chi connectivity index (χ3v) is 6.84. The minimum absolute atomic E-state index is 0.411. The number of ether oxygens (including phenoxy) is 2. The molecule has 1 aliphatic rings. The maximum Gasteiger partial charge on any atom is 0.339 e. The number of aromatic nitrogens is 3. The first kappa shape index (κ1) is 24.6. The van der Waals surface area contributed by atoms with Crippen molar-refractivity contribution in [3.8, 4) is 5.75 Å². The van der Waals surface area contributed by atoms with Crippen molar-refractivity contribution in [1.29, 1.82) is 0 Å². The van der Waals surface area contributed by atoms with Crippen LogP contribution in [0.2, 0.25) is 0 Å². The van der Waals surface area contributed by atoms with Crippen LogP contribution in [0.4, 0.5) is 17.2 Å². The normalized spacial score (nSPS) is 14.1. The van der Waals surface area contributed by atoms with Crippen LogP contribution >= 0.6 is 0 Å². The van der Waals surface area contributed by atoms with E-state index in [1.807, 2.05) is 36.0 Å². The average molecular weight is 501 g/mol. The number of hydrogen-bond donors (Lipinski definition) is 1. The van der Waals surface area contributed by atoms with Gasteiger partial charge in [0.05, 0.1) is 31.0 Å². The van der Waals surface area contributed by atoms with Crippen LogP contribution in [-0.4, -0.2) is 72.9 Å². The molecule has 192 valence electrons. The predicted molar refractivity (Wildman–Crippen MR) is 145 cm³/mol. The quantitative estimate of drug-likeness (QED) is 0.383. The van der Waals surface area contributed by atoms with Gasteiger partial charge in [0.1, 0.15) is 17.1 Å². The molecule has 1 aliphatic heterocycles. The molecule has 2 aromatic heterocycles. The summed E-state index contributed by atoms with van der Waals surface area (Å²) in [7, 11) is 7.18. The van der Waals surface area contributed by atoms with Gasteiger partial charge in [-0.3, -0.25) is 0 Å². The second kappa shape index (κ2) is 10.5. The number of nitrogens with one attached hydrogen (secondary N) is 1. The number of carbonyl (C=O) groups is 1. The minimum atomic E-state index is -0.411. The molecule has 0 aliphatic carbocycles. The van der Waals surface area contributed by atoms with E-state index >= 15 is 0 Å². The van der Waals surface area contributed by atoms with Crippen molar-refractivity contribution < 1.29 is 14.3 Å². The second-order valence-corrected chi connectivity index (χ2v) is 9.27. The SMILES string of the molecule is COC(=O)c1ccccc1Nc1nc(Cc2ccc(N3CCN(C)CC3)cc2OC)nc2ccn(C)c12. The third-order valence-electron chi connectivity index (χ3n) is 6.84. The number of para-hydroxylation sites is 1. The molecule has 0 unspecified atom stereocenters. The van der Waals surface area contributed by atoms with E-state index in [-0.39, 0.29) is 0 Å². The summed E-state index contributed by atoms with van der Waals surface area (Å²) in [5.74, 6) is 1.68. The van der Waals surface area contributed by atoms with Gasteiger partial charge in [0, 0.05) is 63.2 Å². The van der Waals surface area contributed by atoms with Crippen LogP contribution in [0.1, 0.15) is 21.7 Å². The van der Waals surface area contributed by atoms with E-state index in [0.29, 0.717) is 29.3 Å². The summed E-state index contributed by atoms with van der Waals surface area (Å²) in [6.07, 6.45) is 2.45. The largest absolute Gasteiger partial charge is 0.496 e. The monoisotopic (exact) mass is 500 g/mol. The summed E-state index contributed by atoms with van der Waals surface area (Å²) in [4.78, 5) is 26.8. The summed E-state index contributed by atoms with van der Waals surface area (Å²) in [6.45, 7) is 4.08. The number of hydrogen-bond acceptors (Lipinski definition) is 8. The molecule has 9 heteroatoms. The number of carbonyl (C=O) groups excluding carboxylic acids is 1. The molecule has 37 heavy (non-hydrogen) atoms. The van der Waals surface area contributed by atoms with E-state index in [4.69, 9.17) is 19.4 Å². The summed E-state index contributed by atoms with van der Waals surface area (Å²) in [6, 6.07) is 15.6. The number of methoxy groups -OCH3 is 2. The summed E-state index contributed by atoms with van der Waals surface area (Å²) >= 11 is 0. The van der Waals surface area contributed by atoms with E-state index in [0.717, 1.165) is 54.2 Å². The van der Waals surface area contributed by atoms with Crippen molar-refractivity contribution in [3.05, 3.63) is 71.7 Å². The topological polar surface area (TPSA) is 84.8 Å². The second-order valence-electron chi connectivity index (χ2n) is 9.27. The number of aryl methyl sites for hydroxylation is 1. The van der Waals surface area contributed by atoms with Crippen LogP contribution in [0.25, 0.3) is 11.0 Å². The van der Waals surface area contributed by atoms with Crippen LogP contribution in [0.5, 0.6) is 5.75 Å². The van der Waals surface area contributed by atoms with Crippen molar-refractivity contribution >= 4 is 34.2 Å². The average Bonchev–Trinajstić information content (AvgIpc) is 3.30. The zero-order valence-electron chi connectivity index (χ0n) is 21.7. The van der Waals surface area contributed by atoms with Crippen LogP contribution < -0.4 is 15.0 Å². The number of likely N-dealkylation sites (N-methyl/N-ethyl adjacent to an activating group) is 1. The Kier molecular flexibility index (Phi) is 6.96. The number of anilines is 3. The molecule has 0 spiro atoms. The number of benzene rings is 2. The highest BCUT2D eigenvalue weighted by Gasteiger charge is 2.19. The maximum atomic E-state index is 12.3.